The first-order chi connectivity index (χ1) is 5.24. The van der Waals surface area contributed by atoms with Gasteiger partial charge in [-0.1, -0.05) is 29.3 Å². The number of benzene rings is 1. The molecule has 11 heavy (non-hydrogen) atoms. The predicted molar refractivity (Wildman–Crippen MR) is 46.9 cm³/mol. The summed E-state index contributed by atoms with van der Waals surface area (Å²) in [7, 11) is 1.67. The van der Waals surface area contributed by atoms with E-state index in [1.54, 1.807) is 7.11 Å². The number of rotatable bonds is 2. The van der Waals surface area contributed by atoms with Crippen LogP contribution in [0.5, 0.6) is 0 Å². The van der Waals surface area contributed by atoms with Gasteiger partial charge in [-0.15, -0.1) is 0 Å². The third kappa shape index (κ3) is 2.21. The summed E-state index contributed by atoms with van der Waals surface area (Å²) in [4.78, 5) is 0. The van der Waals surface area contributed by atoms with Crippen molar-refractivity contribution in [3.63, 3.8) is 0 Å². The van der Waals surface area contributed by atoms with Crippen LogP contribution >= 0.6 is 11.6 Å². The van der Waals surface area contributed by atoms with E-state index in [-0.39, 0.29) is 0 Å². The summed E-state index contributed by atoms with van der Waals surface area (Å²) in [6.07, 6.45) is 0. The van der Waals surface area contributed by atoms with E-state index < -0.39 is 0 Å². The maximum Gasteiger partial charge on any atom is 0.0727 e. The van der Waals surface area contributed by atoms with E-state index in [1.807, 2.05) is 25.1 Å². The van der Waals surface area contributed by atoms with E-state index in [4.69, 9.17) is 16.3 Å². The summed E-state index contributed by atoms with van der Waals surface area (Å²) in [5.41, 5.74) is 2.26. The largest absolute Gasteiger partial charge is 0.380 e. The third-order valence-corrected chi connectivity index (χ3v) is 1.87. The van der Waals surface area contributed by atoms with Gasteiger partial charge in [0.2, 0.25) is 0 Å². The molecular weight excluding hydrogens is 160 g/mol. The van der Waals surface area contributed by atoms with E-state index in [2.05, 4.69) is 0 Å². The highest BCUT2D eigenvalue weighted by Gasteiger charge is 1.98. The topological polar surface area (TPSA) is 9.23 Å². The molecule has 0 atom stereocenters. The number of hydrogen-bond donors (Lipinski definition) is 0. The molecule has 0 saturated carbocycles. The Morgan fingerprint density at radius 1 is 1.45 bits per heavy atom. The summed E-state index contributed by atoms with van der Waals surface area (Å²) in [5.74, 6) is 0. The van der Waals surface area contributed by atoms with Crippen LogP contribution in [-0.2, 0) is 11.3 Å². The Morgan fingerprint density at radius 3 is 2.82 bits per heavy atom. The molecule has 1 rings (SSSR count). The number of ether oxygens (including phenoxy) is 1. The average molecular weight is 171 g/mol. The van der Waals surface area contributed by atoms with Gasteiger partial charge in [-0.05, 0) is 18.6 Å². The Kier molecular flexibility index (Phi) is 2.92. The van der Waals surface area contributed by atoms with Crippen LogP contribution in [0.25, 0.3) is 0 Å². The summed E-state index contributed by atoms with van der Waals surface area (Å²) < 4.78 is 4.98. The van der Waals surface area contributed by atoms with Crippen LogP contribution < -0.4 is 0 Å². The Labute approximate surface area is 71.9 Å². The van der Waals surface area contributed by atoms with Crippen molar-refractivity contribution >= 4 is 11.6 Å². The van der Waals surface area contributed by atoms with Gasteiger partial charge in [-0.3, -0.25) is 0 Å². The van der Waals surface area contributed by atoms with Crippen molar-refractivity contribution in [3.8, 4) is 0 Å². The van der Waals surface area contributed by atoms with Crippen molar-refractivity contribution in [2.24, 2.45) is 0 Å². The molecule has 0 aromatic heterocycles. The van der Waals surface area contributed by atoms with Crippen molar-refractivity contribution in [2.75, 3.05) is 7.11 Å². The highest BCUT2D eigenvalue weighted by atomic mass is 35.5. The van der Waals surface area contributed by atoms with E-state index in [0.717, 1.165) is 10.6 Å². The van der Waals surface area contributed by atoms with E-state index in [1.165, 1.54) is 5.56 Å². The van der Waals surface area contributed by atoms with Gasteiger partial charge >= 0.3 is 0 Å². The molecule has 0 fully saturated rings. The molecule has 1 nitrogen and oxygen atoms in total. The highest BCUT2D eigenvalue weighted by Crippen LogP contribution is 2.17. The Balaban J connectivity index is 2.93. The first-order valence-electron chi connectivity index (χ1n) is 3.48. The van der Waals surface area contributed by atoms with Gasteiger partial charge in [0.05, 0.1) is 6.61 Å². The van der Waals surface area contributed by atoms with Crippen molar-refractivity contribution in [3.05, 3.63) is 34.3 Å². The quantitative estimate of drug-likeness (QED) is 0.663. The normalized spacial score (nSPS) is 10.1. The summed E-state index contributed by atoms with van der Waals surface area (Å²) in [5, 5.41) is 0.775. The zero-order chi connectivity index (χ0) is 8.27. The fourth-order valence-electron chi connectivity index (χ4n) is 0.970. The minimum atomic E-state index is 0.584. The van der Waals surface area contributed by atoms with Crippen LogP contribution in [-0.4, -0.2) is 7.11 Å². The molecule has 0 radical (unpaired) electrons. The Hall–Kier alpha value is -0.530. The fourth-order valence-corrected chi connectivity index (χ4v) is 1.14. The number of aryl methyl sites for hydroxylation is 1. The lowest BCUT2D eigenvalue weighted by Crippen LogP contribution is -1.89. The molecule has 0 N–H and O–H groups in total. The molecule has 0 spiro atoms. The van der Waals surface area contributed by atoms with Gasteiger partial charge in [0.1, 0.15) is 0 Å². The number of hydrogen-bond acceptors (Lipinski definition) is 1. The summed E-state index contributed by atoms with van der Waals surface area (Å²) in [6.45, 7) is 2.62. The van der Waals surface area contributed by atoms with Crippen LogP contribution in [0.4, 0.5) is 0 Å². The second-order valence-electron chi connectivity index (χ2n) is 2.53. The maximum absolute atomic E-state index is 5.89. The zero-order valence-electron chi connectivity index (χ0n) is 6.73. The van der Waals surface area contributed by atoms with Crippen LogP contribution in [0.2, 0.25) is 5.02 Å². The van der Waals surface area contributed by atoms with Gasteiger partial charge in [0.15, 0.2) is 0 Å². The zero-order valence-corrected chi connectivity index (χ0v) is 7.48. The van der Waals surface area contributed by atoms with Crippen LogP contribution in [0.15, 0.2) is 18.2 Å². The standard InChI is InChI=1S/C9H11ClO/c1-7-3-4-9(10)8(5-7)6-11-2/h3-5H,6H2,1-2H3. The third-order valence-electron chi connectivity index (χ3n) is 1.50. The van der Waals surface area contributed by atoms with Crippen molar-refractivity contribution in [2.45, 2.75) is 13.5 Å². The SMILES string of the molecule is COCc1cc(C)ccc1Cl. The molecule has 60 valence electrons. The van der Waals surface area contributed by atoms with Gasteiger partial charge < -0.3 is 4.74 Å². The Bertz CT molecular complexity index is 245. The van der Waals surface area contributed by atoms with Gasteiger partial charge in [0.25, 0.3) is 0 Å². The van der Waals surface area contributed by atoms with Gasteiger partial charge in [-0.2, -0.15) is 0 Å². The van der Waals surface area contributed by atoms with E-state index in [9.17, 15) is 0 Å². The molecule has 2 heteroatoms. The molecule has 1 aromatic rings. The molecule has 0 aliphatic carbocycles. The molecule has 0 heterocycles. The first kappa shape index (κ1) is 8.57. The van der Waals surface area contributed by atoms with Crippen molar-refractivity contribution in [1.82, 2.24) is 0 Å². The molecule has 0 amide bonds. The number of methoxy groups -OCH3 is 1. The van der Waals surface area contributed by atoms with Crippen LogP contribution in [0.3, 0.4) is 0 Å². The Morgan fingerprint density at radius 2 is 2.18 bits per heavy atom. The molecule has 0 aliphatic rings. The van der Waals surface area contributed by atoms with Crippen LogP contribution in [0.1, 0.15) is 11.1 Å². The monoisotopic (exact) mass is 170 g/mol. The number of halogens is 1. The summed E-state index contributed by atoms with van der Waals surface area (Å²) >= 11 is 5.89. The molecule has 0 unspecified atom stereocenters. The smallest absolute Gasteiger partial charge is 0.0727 e. The van der Waals surface area contributed by atoms with Gasteiger partial charge in [-0.25, -0.2) is 0 Å². The second kappa shape index (κ2) is 3.74. The predicted octanol–water partition coefficient (Wildman–Crippen LogP) is 2.79. The minimum Gasteiger partial charge on any atom is -0.380 e. The minimum absolute atomic E-state index is 0.584. The molecular formula is C9H11ClO. The lowest BCUT2D eigenvalue weighted by atomic mass is 10.1. The van der Waals surface area contributed by atoms with E-state index >= 15 is 0 Å². The second-order valence-corrected chi connectivity index (χ2v) is 2.94. The van der Waals surface area contributed by atoms with Crippen molar-refractivity contribution in [1.29, 1.82) is 0 Å². The molecule has 0 saturated heterocycles. The van der Waals surface area contributed by atoms with E-state index in [0.29, 0.717) is 6.61 Å². The van der Waals surface area contributed by atoms with Crippen molar-refractivity contribution < 1.29 is 4.74 Å². The maximum atomic E-state index is 5.89. The first-order valence-corrected chi connectivity index (χ1v) is 3.86. The lowest BCUT2D eigenvalue weighted by molar-refractivity contribution is 0.185. The summed E-state index contributed by atoms with van der Waals surface area (Å²) in [6, 6.07) is 5.92. The average Bonchev–Trinajstić information content (AvgIpc) is 1.98. The fraction of sp³-hybridized carbons (Fsp3) is 0.333. The highest BCUT2D eigenvalue weighted by molar-refractivity contribution is 6.31. The van der Waals surface area contributed by atoms with Gasteiger partial charge in [0, 0.05) is 12.1 Å². The molecule has 1 aromatic carbocycles. The lowest BCUT2D eigenvalue weighted by Gasteiger charge is -2.02. The van der Waals surface area contributed by atoms with Crippen LogP contribution in [0, 0.1) is 6.92 Å². The molecule has 0 bridgehead atoms. The molecule has 0 aliphatic heterocycles.